The van der Waals surface area contributed by atoms with E-state index in [0.717, 1.165) is 5.69 Å². The molecule has 0 aliphatic carbocycles. The Morgan fingerprint density at radius 1 is 1.07 bits per heavy atom. The molecule has 1 atom stereocenters. The molecule has 1 amide bonds. The van der Waals surface area contributed by atoms with Crippen LogP contribution >= 0.6 is 0 Å². The second-order valence-electron chi connectivity index (χ2n) is 6.78. The van der Waals surface area contributed by atoms with Gasteiger partial charge in [-0.25, -0.2) is 17.6 Å². The van der Waals surface area contributed by atoms with E-state index in [2.05, 4.69) is 17.2 Å². The summed E-state index contributed by atoms with van der Waals surface area (Å²) in [6.07, 6.45) is -1.33. The molecule has 158 valence electrons. The molecule has 0 bridgehead atoms. The number of amides is 1. The Balaban J connectivity index is 1.65. The van der Waals surface area contributed by atoms with Crippen LogP contribution in [-0.2, 0) is 10.0 Å². The van der Waals surface area contributed by atoms with Crippen molar-refractivity contribution in [1.82, 2.24) is 9.62 Å². The number of sulfonamides is 1. The van der Waals surface area contributed by atoms with Crippen molar-refractivity contribution in [2.75, 3.05) is 36.8 Å². The Morgan fingerprint density at radius 3 is 2.30 bits per heavy atom. The number of carbonyl (C=O) groups is 1. The highest BCUT2D eigenvalue weighted by Gasteiger charge is 2.29. The molecule has 0 unspecified atom stereocenters. The number of nitrogens with one attached hydrogen (secondary N) is 1. The summed E-state index contributed by atoms with van der Waals surface area (Å²) in [6.45, 7) is 1.42. The van der Waals surface area contributed by atoms with Crippen molar-refractivity contribution in [1.29, 1.82) is 0 Å². The second-order valence-corrected chi connectivity index (χ2v) is 8.79. The van der Waals surface area contributed by atoms with Gasteiger partial charge in [-0.2, -0.15) is 4.31 Å². The van der Waals surface area contributed by atoms with Crippen LogP contribution in [0.4, 0.5) is 14.9 Å². The van der Waals surface area contributed by atoms with Crippen molar-refractivity contribution >= 4 is 21.8 Å². The largest absolute Gasteiger partial charge is 0.465 e. The highest BCUT2D eigenvalue weighted by Crippen LogP contribution is 2.18. The van der Waals surface area contributed by atoms with Gasteiger partial charge in [0.1, 0.15) is 11.9 Å². The molecule has 0 radical (unpaired) electrons. The van der Waals surface area contributed by atoms with E-state index in [0.29, 0.717) is 18.7 Å². The Labute approximate surface area is 175 Å². The van der Waals surface area contributed by atoms with Gasteiger partial charge in [-0.3, -0.25) is 0 Å². The van der Waals surface area contributed by atoms with Crippen molar-refractivity contribution < 1.29 is 22.7 Å². The predicted octanol–water partition coefficient (Wildman–Crippen LogP) is 1.97. The van der Waals surface area contributed by atoms with Gasteiger partial charge in [-0.05, 0) is 36.4 Å². The number of nitrogens with zero attached hydrogens (tertiary/aromatic N) is 2. The lowest BCUT2D eigenvalue weighted by atomic mass is 10.2. The van der Waals surface area contributed by atoms with Crippen molar-refractivity contribution in [3.8, 4) is 11.8 Å². The highest BCUT2D eigenvalue weighted by molar-refractivity contribution is 7.89. The van der Waals surface area contributed by atoms with E-state index in [1.807, 2.05) is 11.0 Å². The average Bonchev–Trinajstić information content (AvgIpc) is 2.73. The van der Waals surface area contributed by atoms with Gasteiger partial charge < -0.3 is 15.3 Å². The third kappa shape index (κ3) is 5.95. The first-order valence-electron chi connectivity index (χ1n) is 9.38. The van der Waals surface area contributed by atoms with Crippen molar-refractivity contribution in [3.63, 3.8) is 0 Å². The number of hydrogen-bond acceptors (Lipinski definition) is 4. The quantitative estimate of drug-likeness (QED) is 0.707. The maximum absolute atomic E-state index is 13.1. The van der Waals surface area contributed by atoms with E-state index < -0.39 is 27.9 Å². The maximum atomic E-state index is 13.1. The SMILES string of the molecule is O=C(O)N[C@@H](C#Cc1ccccc1)CS(=O)(=O)N1CCN(c2ccc(F)cc2)CC1. The molecule has 1 aliphatic heterocycles. The Kier molecular flexibility index (Phi) is 6.92. The van der Waals surface area contributed by atoms with Crippen LogP contribution in [0.2, 0.25) is 0 Å². The number of carboxylic acid groups (broad SMARTS) is 1. The fourth-order valence-electron chi connectivity index (χ4n) is 3.15. The molecular formula is C21H22FN3O4S. The van der Waals surface area contributed by atoms with E-state index in [4.69, 9.17) is 5.11 Å². The molecule has 0 spiro atoms. The molecule has 9 heteroatoms. The first-order chi connectivity index (χ1) is 14.3. The summed E-state index contributed by atoms with van der Waals surface area (Å²) in [5.74, 6) is 4.75. The van der Waals surface area contributed by atoms with E-state index in [1.54, 1.807) is 36.4 Å². The van der Waals surface area contributed by atoms with Crippen LogP contribution in [0.5, 0.6) is 0 Å². The normalized spacial score (nSPS) is 15.7. The Bertz CT molecular complexity index is 1030. The first kappa shape index (κ1) is 21.6. The van der Waals surface area contributed by atoms with Gasteiger partial charge >= 0.3 is 6.09 Å². The number of rotatable bonds is 5. The lowest BCUT2D eigenvalue weighted by Crippen LogP contribution is -2.51. The third-order valence-corrected chi connectivity index (χ3v) is 6.57. The fourth-order valence-corrected chi connectivity index (χ4v) is 4.67. The number of piperazine rings is 1. The topological polar surface area (TPSA) is 89.9 Å². The van der Waals surface area contributed by atoms with E-state index in [-0.39, 0.29) is 18.9 Å². The van der Waals surface area contributed by atoms with E-state index >= 15 is 0 Å². The summed E-state index contributed by atoms with van der Waals surface area (Å²) in [6, 6.07) is 13.9. The summed E-state index contributed by atoms with van der Waals surface area (Å²) in [7, 11) is -3.73. The fraction of sp³-hybridized carbons (Fsp3) is 0.286. The van der Waals surface area contributed by atoms with Crippen LogP contribution in [0.15, 0.2) is 54.6 Å². The smallest absolute Gasteiger partial charge is 0.405 e. The van der Waals surface area contributed by atoms with Gasteiger partial charge in [0.05, 0.1) is 5.75 Å². The first-order valence-corrected chi connectivity index (χ1v) is 11.0. The number of halogens is 1. The lowest BCUT2D eigenvalue weighted by Gasteiger charge is -2.35. The van der Waals surface area contributed by atoms with Gasteiger partial charge in [0.15, 0.2) is 0 Å². The molecule has 2 aromatic rings. The number of anilines is 1. The zero-order valence-corrected chi connectivity index (χ0v) is 17.0. The summed E-state index contributed by atoms with van der Waals surface area (Å²) in [4.78, 5) is 13.1. The van der Waals surface area contributed by atoms with Gasteiger partial charge in [-0.15, -0.1) is 0 Å². The molecule has 0 saturated carbocycles. The monoisotopic (exact) mass is 431 g/mol. The summed E-state index contributed by atoms with van der Waals surface area (Å²) >= 11 is 0. The number of benzene rings is 2. The van der Waals surface area contributed by atoms with Gasteiger partial charge in [0, 0.05) is 37.4 Å². The van der Waals surface area contributed by atoms with Crippen LogP contribution in [0.1, 0.15) is 5.56 Å². The van der Waals surface area contributed by atoms with Gasteiger partial charge in [0.2, 0.25) is 10.0 Å². The van der Waals surface area contributed by atoms with E-state index in [9.17, 15) is 17.6 Å². The van der Waals surface area contributed by atoms with E-state index in [1.165, 1.54) is 16.4 Å². The Morgan fingerprint density at radius 2 is 1.70 bits per heavy atom. The van der Waals surface area contributed by atoms with Crippen LogP contribution in [0.25, 0.3) is 0 Å². The molecule has 1 heterocycles. The van der Waals surface area contributed by atoms with Gasteiger partial charge in [-0.1, -0.05) is 30.0 Å². The van der Waals surface area contributed by atoms with Gasteiger partial charge in [0.25, 0.3) is 0 Å². The van der Waals surface area contributed by atoms with Crippen molar-refractivity contribution in [3.05, 3.63) is 66.0 Å². The molecule has 1 saturated heterocycles. The second kappa shape index (κ2) is 9.61. The minimum absolute atomic E-state index is 0.256. The van der Waals surface area contributed by atoms with Crippen LogP contribution < -0.4 is 10.2 Å². The zero-order valence-electron chi connectivity index (χ0n) is 16.2. The standard InChI is InChI=1S/C21H22FN3O4S/c22-18-7-10-20(11-8-18)24-12-14-25(15-13-24)30(28,29)16-19(23-21(26)27)9-6-17-4-2-1-3-5-17/h1-5,7-8,10-11,19,23H,12-16H2,(H,26,27)/t19-/m0/s1. The lowest BCUT2D eigenvalue weighted by molar-refractivity contribution is 0.193. The molecule has 1 fully saturated rings. The summed E-state index contributed by atoms with van der Waals surface area (Å²) < 4.78 is 40.1. The minimum Gasteiger partial charge on any atom is -0.465 e. The van der Waals surface area contributed by atoms with Crippen LogP contribution in [-0.4, -0.2) is 61.9 Å². The highest BCUT2D eigenvalue weighted by atomic mass is 32.2. The molecule has 30 heavy (non-hydrogen) atoms. The molecule has 7 nitrogen and oxygen atoms in total. The molecule has 3 rings (SSSR count). The predicted molar refractivity (Wildman–Crippen MR) is 112 cm³/mol. The van der Waals surface area contributed by atoms with Crippen LogP contribution in [0.3, 0.4) is 0 Å². The third-order valence-electron chi connectivity index (χ3n) is 4.66. The summed E-state index contributed by atoms with van der Waals surface area (Å²) in [5, 5.41) is 11.2. The number of hydrogen-bond donors (Lipinski definition) is 2. The summed E-state index contributed by atoms with van der Waals surface area (Å²) in [5.41, 5.74) is 1.49. The Hall–Kier alpha value is -3.09. The van der Waals surface area contributed by atoms with Crippen molar-refractivity contribution in [2.45, 2.75) is 6.04 Å². The molecule has 0 aromatic heterocycles. The molecule has 2 aromatic carbocycles. The minimum atomic E-state index is -3.73. The average molecular weight is 431 g/mol. The molecule has 1 aliphatic rings. The van der Waals surface area contributed by atoms with Crippen molar-refractivity contribution in [2.24, 2.45) is 0 Å². The maximum Gasteiger partial charge on any atom is 0.405 e. The zero-order chi connectivity index (χ0) is 21.6. The van der Waals surface area contributed by atoms with Crippen LogP contribution in [0, 0.1) is 17.7 Å². The molecular weight excluding hydrogens is 409 g/mol. The molecule has 2 N–H and O–H groups in total.